The second-order valence-corrected chi connectivity index (χ2v) is 7.13. The Bertz CT molecular complexity index is 1200. The molecule has 0 radical (unpaired) electrons. The van der Waals surface area contributed by atoms with Gasteiger partial charge >= 0.3 is 0 Å². The van der Waals surface area contributed by atoms with Crippen LogP contribution in [-0.2, 0) is 11.3 Å². The summed E-state index contributed by atoms with van der Waals surface area (Å²) < 4.78 is 25.0. The third kappa shape index (κ3) is 4.32. The molecule has 2 aromatic carbocycles. The highest BCUT2D eigenvalue weighted by atomic mass is 19.1. The number of ketones is 1. The first-order valence-corrected chi connectivity index (χ1v) is 9.57. The Hall–Kier alpha value is -3.94. The van der Waals surface area contributed by atoms with Gasteiger partial charge < -0.3 is 14.8 Å². The summed E-state index contributed by atoms with van der Waals surface area (Å²) in [5, 5.41) is 2.71. The number of pyridine rings is 1. The van der Waals surface area contributed by atoms with Crippen molar-refractivity contribution < 1.29 is 23.5 Å². The summed E-state index contributed by atoms with van der Waals surface area (Å²) in [6, 6.07) is 11.5. The van der Waals surface area contributed by atoms with Crippen molar-refractivity contribution in [3.8, 4) is 11.5 Å². The minimum absolute atomic E-state index is 0.114. The van der Waals surface area contributed by atoms with E-state index in [4.69, 9.17) is 9.47 Å². The molecule has 0 fully saturated rings. The fourth-order valence-electron chi connectivity index (χ4n) is 3.30. The van der Waals surface area contributed by atoms with Crippen LogP contribution in [0.25, 0.3) is 0 Å². The number of aryl methyl sites for hydroxylation is 1. The van der Waals surface area contributed by atoms with Crippen molar-refractivity contribution in [1.29, 1.82) is 0 Å². The normalized spacial score (nSPS) is 13.0. The molecule has 7 nitrogen and oxygen atoms in total. The highest BCUT2D eigenvalue weighted by Crippen LogP contribution is 2.32. The molecule has 1 aromatic heterocycles. The zero-order chi connectivity index (χ0) is 22.0. The van der Waals surface area contributed by atoms with E-state index in [0.717, 1.165) is 22.3 Å². The lowest BCUT2D eigenvalue weighted by Crippen LogP contribution is -2.41. The summed E-state index contributed by atoms with van der Waals surface area (Å²) in [5.74, 6) is -0.588. The first-order chi connectivity index (χ1) is 14.9. The van der Waals surface area contributed by atoms with Gasteiger partial charge in [-0.2, -0.15) is 0 Å². The molecule has 1 aliphatic rings. The lowest BCUT2D eigenvalue weighted by molar-refractivity contribution is -0.123. The van der Waals surface area contributed by atoms with E-state index in [9.17, 15) is 18.8 Å². The third-order valence-electron chi connectivity index (χ3n) is 4.89. The molecule has 0 saturated carbocycles. The molecular weight excluding hydrogens is 403 g/mol. The zero-order valence-corrected chi connectivity index (χ0v) is 16.6. The van der Waals surface area contributed by atoms with Crippen molar-refractivity contribution in [2.45, 2.75) is 19.5 Å². The Labute approximate surface area is 177 Å². The third-order valence-corrected chi connectivity index (χ3v) is 4.89. The number of carbonyl (C=O) groups excluding carboxylic acids is 2. The van der Waals surface area contributed by atoms with Gasteiger partial charge in [0.15, 0.2) is 23.3 Å². The molecule has 1 aliphatic heterocycles. The lowest BCUT2D eigenvalue weighted by Gasteiger charge is -2.19. The van der Waals surface area contributed by atoms with E-state index in [0.29, 0.717) is 17.1 Å². The van der Waals surface area contributed by atoms with E-state index in [1.165, 1.54) is 24.4 Å². The van der Waals surface area contributed by atoms with Crippen LogP contribution >= 0.6 is 0 Å². The molecule has 0 unspecified atom stereocenters. The predicted octanol–water partition coefficient (Wildman–Crippen LogP) is 2.76. The summed E-state index contributed by atoms with van der Waals surface area (Å²) in [6.45, 7) is 2.00. The number of hydrogen-bond acceptors (Lipinski definition) is 5. The largest absolute Gasteiger partial charge is 0.454 e. The van der Waals surface area contributed by atoms with E-state index >= 15 is 0 Å². The molecule has 8 heteroatoms. The second-order valence-electron chi connectivity index (χ2n) is 7.13. The number of nitrogens with one attached hydrogen (secondary N) is 1. The number of benzene rings is 2. The van der Waals surface area contributed by atoms with E-state index in [-0.39, 0.29) is 18.9 Å². The van der Waals surface area contributed by atoms with Crippen LogP contribution in [0, 0.1) is 12.7 Å². The maximum absolute atomic E-state index is 13.3. The van der Waals surface area contributed by atoms with Crippen LogP contribution in [0.1, 0.15) is 27.5 Å². The van der Waals surface area contributed by atoms with Crippen LogP contribution in [0.15, 0.2) is 65.6 Å². The molecule has 0 saturated heterocycles. The minimum Gasteiger partial charge on any atom is -0.454 e. The Morgan fingerprint density at radius 3 is 2.58 bits per heavy atom. The molecule has 1 amide bonds. The first-order valence-electron chi connectivity index (χ1n) is 9.57. The van der Waals surface area contributed by atoms with Crippen molar-refractivity contribution in [2.24, 2.45) is 0 Å². The van der Waals surface area contributed by atoms with Crippen LogP contribution in [0.2, 0.25) is 0 Å². The fraction of sp³-hybridized carbons (Fsp3) is 0.174. The summed E-state index contributed by atoms with van der Waals surface area (Å²) >= 11 is 0. The molecule has 158 valence electrons. The van der Waals surface area contributed by atoms with Crippen LogP contribution < -0.4 is 20.3 Å². The molecule has 1 atom stereocenters. The fourth-order valence-corrected chi connectivity index (χ4v) is 3.30. The second kappa shape index (κ2) is 8.43. The lowest BCUT2D eigenvalue weighted by atomic mass is 10.0. The molecule has 1 N–H and O–H groups in total. The average molecular weight is 422 g/mol. The van der Waals surface area contributed by atoms with Crippen molar-refractivity contribution in [1.82, 2.24) is 9.88 Å². The van der Waals surface area contributed by atoms with Gasteiger partial charge in [0.25, 0.3) is 11.5 Å². The summed E-state index contributed by atoms with van der Waals surface area (Å²) in [7, 11) is 0. The Balaban J connectivity index is 1.62. The SMILES string of the molecule is Cc1ccc(=O)n([C@@H](C(=O)NCc2ccc3c(c2)OCO3)C(=O)c2ccc(F)cc2)c1. The van der Waals surface area contributed by atoms with E-state index in [2.05, 4.69) is 5.32 Å². The van der Waals surface area contributed by atoms with Crippen LogP contribution in [0.4, 0.5) is 4.39 Å². The minimum atomic E-state index is -1.44. The van der Waals surface area contributed by atoms with E-state index < -0.39 is 29.1 Å². The van der Waals surface area contributed by atoms with Gasteiger partial charge in [-0.15, -0.1) is 0 Å². The molecular formula is C23H19FN2O5. The molecule has 4 rings (SSSR count). The molecule has 0 aliphatic carbocycles. The molecule has 2 heterocycles. The van der Waals surface area contributed by atoms with Gasteiger partial charge in [0, 0.05) is 24.4 Å². The number of fused-ring (bicyclic) bond motifs is 1. The molecule has 0 spiro atoms. The zero-order valence-electron chi connectivity index (χ0n) is 16.6. The highest BCUT2D eigenvalue weighted by Gasteiger charge is 2.30. The Morgan fingerprint density at radius 2 is 1.81 bits per heavy atom. The van der Waals surface area contributed by atoms with Gasteiger partial charge in [0.2, 0.25) is 6.79 Å². The van der Waals surface area contributed by atoms with Gasteiger partial charge in [-0.1, -0.05) is 12.1 Å². The predicted molar refractivity (Wildman–Crippen MR) is 110 cm³/mol. The van der Waals surface area contributed by atoms with Gasteiger partial charge in [-0.3, -0.25) is 19.0 Å². The smallest absolute Gasteiger partial charge is 0.251 e. The number of rotatable bonds is 6. The summed E-state index contributed by atoms with van der Waals surface area (Å²) in [4.78, 5) is 38.7. The Morgan fingerprint density at radius 1 is 1.06 bits per heavy atom. The van der Waals surface area contributed by atoms with E-state index in [1.807, 2.05) is 0 Å². The monoisotopic (exact) mass is 422 g/mol. The number of ether oxygens (including phenoxy) is 2. The number of Topliss-reactive ketones (excluding diaryl/α,β-unsaturated/α-hetero) is 1. The van der Waals surface area contributed by atoms with Gasteiger partial charge in [0.05, 0.1) is 0 Å². The number of amides is 1. The quantitative estimate of drug-likeness (QED) is 0.488. The van der Waals surface area contributed by atoms with Gasteiger partial charge in [-0.05, 0) is 54.4 Å². The molecule has 3 aromatic rings. The maximum atomic E-state index is 13.3. The number of aromatic nitrogens is 1. The summed E-state index contributed by atoms with van der Waals surface area (Å²) in [6.07, 6.45) is 1.45. The van der Waals surface area contributed by atoms with E-state index in [1.54, 1.807) is 31.2 Å². The van der Waals surface area contributed by atoms with Crippen molar-refractivity contribution in [3.63, 3.8) is 0 Å². The van der Waals surface area contributed by atoms with Crippen molar-refractivity contribution >= 4 is 11.7 Å². The number of halogens is 1. The number of carbonyl (C=O) groups is 2. The number of hydrogen-bond donors (Lipinski definition) is 1. The van der Waals surface area contributed by atoms with Crippen LogP contribution in [-0.4, -0.2) is 23.1 Å². The van der Waals surface area contributed by atoms with Crippen LogP contribution in [0.5, 0.6) is 11.5 Å². The standard InChI is InChI=1S/C23H19FN2O5/c1-14-2-9-20(27)26(12-14)21(22(28)16-4-6-17(24)7-5-16)23(29)25-11-15-3-8-18-19(10-15)31-13-30-18/h2-10,12,21H,11,13H2,1H3,(H,25,29)/t21-/m1/s1. The van der Waals surface area contributed by atoms with Crippen LogP contribution in [0.3, 0.4) is 0 Å². The van der Waals surface area contributed by atoms with Gasteiger partial charge in [0.1, 0.15) is 5.82 Å². The maximum Gasteiger partial charge on any atom is 0.251 e. The average Bonchev–Trinajstić information content (AvgIpc) is 3.23. The summed E-state index contributed by atoms with van der Waals surface area (Å²) in [5.41, 5.74) is 1.07. The topological polar surface area (TPSA) is 86.6 Å². The Kier molecular flexibility index (Phi) is 5.53. The van der Waals surface area contributed by atoms with Crippen molar-refractivity contribution in [3.05, 3.63) is 93.7 Å². The first kappa shape index (κ1) is 20.3. The van der Waals surface area contributed by atoms with Gasteiger partial charge in [-0.25, -0.2) is 4.39 Å². The highest BCUT2D eigenvalue weighted by molar-refractivity contribution is 6.11. The van der Waals surface area contributed by atoms with Crippen molar-refractivity contribution in [2.75, 3.05) is 6.79 Å². The number of nitrogens with zero attached hydrogens (tertiary/aromatic N) is 1. The molecule has 0 bridgehead atoms. The molecule has 31 heavy (non-hydrogen) atoms.